The summed E-state index contributed by atoms with van der Waals surface area (Å²) in [4.78, 5) is 107. The number of hydrogen-bond acceptors (Lipinski definition) is 15. The first-order valence-electron chi connectivity index (χ1n) is 35.2. The van der Waals surface area contributed by atoms with Crippen molar-refractivity contribution >= 4 is 117 Å². The van der Waals surface area contributed by atoms with E-state index in [-0.39, 0.29) is 34.7 Å². The quantitative estimate of drug-likeness (QED) is 0.140. The van der Waals surface area contributed by atoms with Crippen molar-refractivity contribution in [2.45, 2.75) is 0 Å². The molecule has 4 aromatic heterocycles. The van der Waals surface area contributed by atoms with Crippen LogP contribution in [0.15, 0.2) is 315 Å². The topological polar surface area (TPSA) is 266 Å². The molecule has 0 amide bonds. The third-order valence-corrected chi connectivity index (χ3v) is 26.2. The van der Waals surface area contributed by atoms with E-state index in [4.69, 9.17) is 83.9 Å². The Kier molecular flexibility index (Phi) is 18.0. The van der Waals surface area contributed by atoms with Crippen molar-refractivity contribution in [3.05, 3.63) is 315 Å². The minimum absolute atomic E-state index is 0. The summed E-state index contributed by atoms with van der Waals surface area (Å²) in [5.74, 6) is 6.62. The van der Waals surface area contributed by atoms with E-state index < -0.39 is 17.1 Å². The SMILES string of the molecule is [Al+3].[Al+3].[O-][Si](O[Si]([O-])(c1ccccc1)c1ccccc1)(c1ccccc1)c1ccccc1.c1ccc2c(c1)-c1nc-2nc2[n-]c(nc3nc([n-]c4nc(n1)-c1ccccc1-4)-c1ccccc1-3)c1ccccc21.c1ccc2c(c1)-c1nc-2nc2[n-]c(nc3nc([n-]c4nc(n1)-c1ccccc1-4)-c1ccccc1-3)c1ccccc21. The van der Waals surface area contributed by atoms with E-state index in [1.54, 1.807) is 48.5 Å². The average molecular weight is 1490 g/mol. The van der Waals surface area contributed by atoms with Gasteiger partial charge in [-0.1, -0.05) is 315 Å². The molecule has 10 heterocycles. The monoisotopic (exact) mass is 1490 g/mol. The van der Waals surface area contributed by atoms with Crippen LogP contribution in [0.25, 0.3) is 181 Å². The van der Waals surface area contributed by atoms with Gasteiger partial charge in [0.05, 0.1) is 23.3 Å². The molecular formula is C88H52Al2N16O3Si2. The third kappa shape index (κ3) is 12.4. The molecule has 0 N–H and O–H groups in total. The molecule has 6 aliphatic rings. The number of fused-ring (bicyclic) bond motifs is 40. The molecule has 0 aliphatic carbocycles. The molecule has 0 saturated carbocycles. The number of aromatic nitrogens is 16. The van der Waals surface area contributed by atoms with Gasteiger partial charge in [0.15, 0.2) is 11.6 Å². The largest absolute Gasteiger partial charge is 3.00 e. The summed E-state index contributed by atoms with van der Waals surface area (Å²) < 4.78 is 6.34. The first kappa shape index (κ1) is 69.5. The second kappa shape index (κ2) is 28.7. The van der Waals surface area contributed by atoms with E-state index >= 15 is 0 Å². The average Bonchev–Trinajstić information content (AvgIpc) is 1.61. The van der Waals surface area contributed by atoms with Gasteiger partial charge in [0.25, 0.3) is 0 Å². The van der Waals surface area contributed by atoms with E-state index in [2.05, 4.69) is 0 Å². The minimum Gasteiger partial charge on any atom is -0.832 e. The second-order valence-electron chi connectivity index (χ2n) is 26.1. The van der Waals surface area contributed by atoms with E-state index in [1.807, 2.05) is 267 Å². The molecule has 16 bridgehead atoms. The van der Waals surface area contributed by atoms with Crippen molar-refractivity contribution in [2.24, 2.45) is 0 Å². The number of rotatable bonds is 6. The second-order valence-corrected chi connectivity index (χ2v) is 31.7. The molecular weight excluding hydrogens is 1440 g/mol. The zero-order valence-electron chi connectivity index (χ0n) is 58.6. The predicted molar refractivity (Wildman–Crippen MR) is 433 cm³/mol. The predicted octanol–water partition coefficient (Wildman–Crippen LogP) is 11.5. The van der Waals surface area contributed by atoms with E-state index in [9.17, 15) is 9.59 Å². The van der Waals surface area contributed by atoms with Gasteiger partial charge < -0.3 is 73.5 Å². The van der Waals surface area contributed by atoms with Gasteiger partial charge in [-0.2, -0.15) is 0 Å². The maximum Gasteiger partial charge on any atom is 3.00 e. The number of nitrogens with zero attached hydrogens (tertiary/aromatic N) is 16. The van der Waals surface area contributed by atoms with Gasteiger partial charge >= 0.3 is 34.7 Å². The molecule has 0 unspecified atom stereocenters. The maximum absolute atomic E-state index is 14.4. The molecule has 0 saturated heterocycles. The third-order valence-electron chi connectivity index (χ3n) is 19.6. The van der Waals surface area contributed by atoms with Crippen LogP contribution in [0.1, 0.15) is 0 Å². The van der Waals surface area contributed by atoms with Crippen molar-refractivity contribution in [2.75, 3.05) is 0 Å². The molecule has 6 aliphatic heterocycles. The summed E-state index contributed by atoms with van der Waals surface area (Å²) in [5, 5.41) is 5.76. The Morgan fingerprint density at radius 3 is 0.595 bits per heavy atom. The Labute approximate surface area is 657 Å². The van der Waals surface area contributed by atoms with Crippen molar-refractivity contribution in [3.8, 4) is 137 Å². The summed E-state index contributed by atoms with van der Waals surface area (Å²) in [7, 11) is -8.01. The fraction of sp³-hybridized carbons (Fsp3) is 0. The molecule has 12 aromatic carbocycles. The standard InChI is InChI=1S/2C32H16N8.C24H20O3Si2.2Al/c2*1-2-10-18-17(9-1)25-33-26(18)38-28-21-13-5-6-14-22(21)30(35-28)40-32-24-16-8-7-15-23(24)31(36-32)39-29-20-12-4-3-11-19(20)27(34-29)37-25;25-28(21-13-5-1-6-14-21,22-15-7-2-8-16-22)27-29(26,23-17-9-3-10-18-23)24-19-11-4-12-20-24;;/h2*1-16H;1-20H;;/q3*-2;2*+3. The van der Waals surface area contributed by atoms with E-state index in [0.717, 1.165) is 88.3 Å². The zero-order valence-corrected chi connectivity index (χ0v) is 62.9. The Bertz CT molecular complexity index is 6020. The fourth-order valence-electron chi connectivity index (χ4n) is 14.3. The molecule has 0 fully saturated rings. The van der Waals surface area contributed by atoms with Crippen LogP contribution in [0, 0.1) is 0 Å². The molecule has 0 radical (unpaired) electrons. The van der Waals surface area contributed by atoms with Crippen LogP contribution in [0.4, 0.5) is 0 Å². The Morgan fingerprint density at radius 2 is 0.360 bits per heavy atom. The van der Waals surface area contributed by atoms with Gasteiger partial charge in [-0.15, -0.1) is 0 Å². The zero-order chi connectivity index (χ0) is 72.6. The van der Waals surface area contributed by atoms with Crippen LogP contribution in [0.3, 0.4) is 0 Å². The number of hydrogen-bond donors (Lipinski definition) is 0. The normalized spacial score (nSPS) is 11.8. The summed E-state index contributed by atoms with van der Waals surface area (Å²) >= 11 is 0. The summed E-state index contributed by atoms with van der Waals surface area (Å²) in [6, 6.07) is 99.9. The minimum atomic E-state index is -4.00. The number of benzene rings is 12. The van der Waals surface area contributed by atoms with Gasteiger partial charge in [0.1, 0.15) is 17.1 Å². The van der Waals surface area contributed by atoms with Crippen molar-refractivity contribution in [1.29, 1.82) is 0 Å². The van der Waals surface area contributed by atoms with Gasteiger partial charge in [0, 0.05) is 90.9 Å². The van der Waals surface area contributed by atoms with Crippen molar-refractivity contribution < 1.29 is 13.7 Å². The Balaban J connectivity index is 0.000000117. The van der Waals surface area contributed by atoms with Crippen molar-refractivity contribution in [3.63, 3.8) is 0 Å². The van der Waals surface area contributed by atoms with Crippen LogP contribution in [-0.2, 0) is 4.12 Å². The molecule has 23 heteroatoms. The summed E-state index contributed by atoms with van der Waals surface area (Å²) in [6.07, 6.45) is 0. The van der Waals surface area contributed by atoms with Gasteiger partial charge in [0.2, 0.25) is 0 Å². The fourth-order valence-corrected chi connectivity index (χ4v) is 21.0. The van der Waals surface area contributed by atoms with Crippen LogP contribution >= 0.6 is 0 Å². The summed E-state index contributed by atoms with van der Waals surface area (Å²) in [5.41, 5.74) is 12.9. The molecule has 19 nitrogen and oxygen atoms in total. The van der Waals surface area contributed by atoms with Crippen molar-refractivity contribution in [1.82, 2.24) is 79.7 Å². The summed E-state index contributed by atoms with van der Waals surface area (Å²) in [6.45, 7) is 0. The van der Waals surface area contributed by atoms with Gasteiger partial charge in [-0.05, 0) is 75.7 Å². The van der Waals surface area contributed by atoms with E-state index in [1.165, 1.54) is 0 Å². The smallest absolute Gasteiger partial charge is 0.832 e. The molecule has 516 valence electrons. The first-order chi connectivity index (χ1) is 53.7. The van der Waals surface area contributed by atoms with Gasteiger partial charge in [-0.25, -0.2) is 19.9 Å². The van der Waals surface area contributed by atoms with E-state index in [0.29, 0.717) is 113 Å². The molecule has 16 aromatic rings. The van der Waals surface area contributed by atoms with Crippen LogP contribution < -0.4 is 50.3 Å². The molecule has 0 atom stereocenters. The van der Waals surface area contributed by atoms with Crippen LogP contribution in [-0.4, -0.2) is 112 Å². The Hall–Kier alpha value is -13.3. The van der Waals surface area contributed by atoms with Gasteiger partial charge in [-0.3, -0.25) is 0 Å². The first-order valence-corrected chi connectivity index (χ1v) is 38.9. The van der Waals surface area contributed by atoms with Crippen LogP contribution in [0.5, 0.6) is 0 Å². The maximum atomic E-state index is 14.4. The molecule has 111 heavy (non-hydrogen) atoms. The van der Waals surface area contributed by atoms with Crippen LogP contribution in [0.2, 0.25) is 0 Å². The molecule has 0 spiro atoms. The Morgan fingerprint density at radius 1 is 0.189 bits per heavy atom. The molecule has 22 rings (SSSR count).